The van der Waals surface area contributed by atoms with E-state index in [1.54, 1.807) is 36.4 Å². The van der Waals surface area contributed by atoms with E-state index >= 15 is 0 Å². The topological polar surface area (TPSA) is 37.4 Å². The lowest BCUT2D eigenvalue weighted by molar-refractivity contribution is -0.113. The Balaban J connectivity index is 1.84. The van der Waals surface area contributed by atoms with Gasteiger partial charge >= 0.3 is 0 Å². The molecule has 0 N–H and O–H groups in total. The molecule has 1 aliphatic heterocycles. The van der Waals surface area contributed by atoms with Gasteiger partial charge in [0.05, 0.1) is 10.6 Å². The predicted octanol–water partition coefficient (Wildman–Crippen LogP) is 5.42. The molecule has 0 bridgehead atoms. The highest BCUT2D eigenvalue weighted by atomic mass is 35.5. The highest BCUT2D eigenvalue weighted by Crippen LogP contribution is 2.36. The summed E-state index contributed by atoms with van der Waals surface area (Å²) < 4.78 is 0.431. The minimum absolute atomic E-state index is 0.0281. The Kier molecular flexibility index (Phi) is 5.71. The summed E-state index contributed by atoms with van der Waals surface area (Å²) in [6, 6.07) is 16.4. The SMILES string of the molecule is CC(=O)c1ccc(N2C(=O)/C(=C/C(Cl)=C/c3ccccc3)SC2=S)cc1. The van der Waals surface area contributed by atoms with E-state index in [4.69, 9.17) is 23.8 Å². The van der Waals surface area contributed by atoms with Crippen molar-refractivity contribution < 1.29 is 9.59 Å². The third-order valence-corrected chi connectivity index (χ3v) is 5.22. The van der Waals surface area contributed by atoms with Gasteiger partial charge in [0.15, 0.2) is 10.1 Å². The highest BCUT2D eigenvalue weighted by molar-refractivity contribution is 8.27. The van der Waals surface area contributed by atoms with Crippen molar-refractivity contribution in [2.24, 2.45) is 0 Å². The Morgan fingerprint density at radius 2 is 1.77 bits per heavy atom. The van der Waals surface area contributed by atoms with Gasteiger partial charge in [-0.2, -0.15) is 0 Å². The van der Waals surface area contributed by atoms with Crippen molar-refractivity contribution in [2.45, 2.75) is 6.92 Å². The van der Waals surface area contributed by atoms with Crippen LogP contribution in [0.2, 0.25) is 0 Å². The zero-order chi connectivity index (χ0) is 18.7. The summed E-state index contributed by atoms with van der Waals surface area (Å²) in [4.78, 5) is 26.0. The lowest BCUT2D eigenvalue weighted by Crippen LogP contribution is -2.27. The number of allylic oxidation sites excluding steroid dienone is 2. The number of rotatable bonds is 4. The summed E-state index contributed by atoms with van der Waals surface area (Å²) in [5.41, 5.74) is 2.16. The quantitative estimate of drug-likeness (QED) is 0.391. The molecule has 1 saturated heterocycles. The summed E-state index contributed by atoms with van der Waals surface area (Å²) in [6.45, 7) is 1.50. The molecule has 0 unspecified atom stereocenters. The van der Waals surface area contributed by atoms with Gasteiger partial charge in [-0.25, -0.2) is 0 Å². The van der Waals surface area contributed by atoms with E-state index in [9.17, 15) is 9.59 Å². The van der Waals surface area contributed by atoms with Gasteiger partial charge in [-0.3, -0.25) is 14.5 Å². The van der Waals surface area contributed by atoms with Crippen LogP contribution in [0.5, 0.6) is 0 Å². The summed E-state index contributed by atoms with van der Waals surface area (Å²) in [5, 5.41) is 0.448. The Hall–Kier alpha value is -2.21. The molecule has 6 heteroatoms. The lowest BCUT2D eigenvalue weighted by atomic mass is 10.1. The predicted molar refractivity (Wildman–Crippen MR) is 112 cm³/mol. The number of thioether (sulfide) groups is 1. The highest BCUT2D eigenvalue weighted by Gasteiger charge is 2.33. The van der Waals surface area contributed by atoms with Gasteiger partial charge in [0.1, 0.15) is 0 Å². The minimum atomic E-state index is -0.227. The molecule has 2 aromatic rings. The molecule has 0 saturated carbocycles. The second-order valence-corrected chi connectivity index (χ2v) is 7.67. The standard InChI is InChI=1S/C20H14ClNO2S2/c1-13(23)15-7-9-17(10-8-15)22-19(24)18(26-20(22)25)12-16(21)11-14-5-3-2-4-6-14/h2-12H,1H3/b16-11-,18-12-. The molecule has 3 rings (SSSR count). The molecule has 1 aliphatic rings. The summed E-state index contributed by atoms with van der Waals surface area (Å²) in [5.74, 6) is -0.255. The van der Waals surface area contributed by atoms with Crippen molar-refractivity contribution in [1.82, 2.24) is 0 Å². The summed E-state index contributed by atoms with van der Waals surface area (Å²) in [7, 11) is 0. The molecule has 2 aromatic carbocycles. The van der Waals surface area contributed by atoms with Crippen LogP contribution in [0.15, 0.2) is 70.6 Å². The van der Waals surface area contributed by atoms with Crippen molar-refractivity contribution in [3.8, 4) is 0 Å². The zero-order valence-electron chi connectivity index (χ0n) is 13.8. The number of ketones is 1. The van der Waals surface area contributed by atoms with Crippen LogP contribution in [0.25, 0.3) is 6.08 Å². The number of carbonyl (C=O) groups is 2. The Bertz CT molecular complexity index is 934. The first-order valence-electron chi connectivity index (χ1n) is 7.77. The fourth-order valence-corrected chi connectivity index (χ4v) is 4.00. The van der Waals surface area contributed by atoms with Crippen molar-refractivity contribution >= 4 is 63.4 Å². The van der Waals surface area contributed by atoms with Gasteiger partial charge in [0.25, 0.3) is 5.91 Å². The molecule has 1 heterocycles. The molecule has 1 fully saturated rings. The van der Waals surface area contributed by atoms with Gasteiger partial charge in [0, 0.05) is 10.6 Å². The zero-order valence-corrected chi connectivity index (χ0v) is 16.2. The van der Waals surface area contributed by atoms with Crippen molar-refractivity contribution in [2.75, 3.05) is 4.90 Å². The first-order chi connectivity index (χ1) is 12.5. The van der Waals surface area contributed by atoms with Crippen LogP contribution in [-0.4, -0.2) is 16.0 Å². The number of amides is 1. The third kappa shape index (κ3) is 4.12. The molecule has 26 heavy (non-hydrogen) atoms. The van der Waals surface area contributed by atoms with Gasteiger partial charge < -0.3 is 0 Å². The number of nitrogens with zero attached hydrogens (tertiary/aromatic N) is 1. The third-order valence-electron chi connectivity index (χ3n) is 3.70. The van der Waals surface area contributed by atoms with E-state index in [2.05, 4.69) is 0 Å². The van der Waals surface area contributed by atoms with Crippen molar-refractivity contribution in [3.05, 3.63) is 81.7 Å². The van der Waals surface area contributed by atoms with E-state index in [0.717, 1.165) is 5.56 Å². The first-order valence-corrected chi connectivity index (χ1v) is 9.37. The second kappa shape index (κ2) is 7.99. The Morgan fingerprint density at radius 1 is 1.12 bits per heavy atom. The fourth-order valence-electron chi connectivity index (χ4n) is 2.41. The van der Waals surface area contributed by atoms with Crippen LogP contribution in [0, 0.1) is 0 Å². The van der Waals surface area contributed by atoms with Crippen molar-refractivity contribution in [3.63, 3.8) is 0 Å². The average molecular weight is 400 g/mol. The van der Waals surface area contributed by atoms with Crippen LogP contribution in [0.3, 0.4) is 0 Å². The van der Waals surface area contributed by atoms with E-state index in [0.29, 0.717) is 25.5 Å². The number of hydrogen-bond acceptors (Lipinski definition) is 4. The monoisotopic (exact) mass is 399 g/mol. The lowest BCUT2D eigenvalue weighted by Gasteiger charge is -2.14. The average Bonchev–Trinajstić information content (AvgIpc) is 2.89. The number of carbonyl (C=O) groups excluding carboxylic acids is 2. The molecule has 130 valence electrons. The van der Waals surface area contributed by atoms with Gasteiger partial charge in [-0.1, -0.05) is 65.9 Å². The smallest absolute Gasteiger partial charge is 0.270 e. The van der Waals surface area contributed by atoms with Crippen LogP contribution in [0.1, 0.15) is 22.8 Å². The van der Waals surface area contributed by atoms with Crippen LogP contribution in [0.4, 0.5) is 5.69 Å². The minimum Gasteiger partial charge on any atom is -0.295 e. The molecule has 0 spiro atoms. The number of halogens is 1. The van der Waals surface area contributed by atoms with Gasteiger partial charge in [-0.05, 0) is 48.9 Å². The maximum Gasteiger partial charge on any atom is 0.270 e. The van der Waals surface area contributed by atoms with E-state index < -0.39 is 0 Å². The first kappa shape index (κ1) is 18.6. The summed E-state index contributed by atoms with van der Waals surface area (Å²) in [6.07, 6.45) is 3.41. The summed E-state index contributed by atoms with van der Waals surface area (Å²) >= 11 is 12.8. The number of Topliss-reactive ketones (excluding diaryl/α,β-unsaturated/α-hetero) is 1. The Labute approximate surface area is 166 Å². The van der Waals surface area contributed by atoms with Crippen LogP contribution in [-0.2, 0) is 4.79 Å². The molecular weight excluding hydrogens is 386 g/mol. The maximum atomic E-state index is 12.7. The van der Waals surface area contributed by atoms with Crippen molar-refractivity contribution in [1.29, 1.82) is 0 Å². The number of benzene rings is 2. The molecule has 0 aliphatic carbocycles. The number of thiocarbonyl (C=S) groups is 1. The molecule has 0 aromatic heterocycles. The second-order valence-electron chi connectivity index (χ2n) is 5.56. The Morgan fingerprint density at radius 3 is 2.38 bits per heavy atom. The number of hydrogen-bond donors (Lipinski definition) is 0. The van der Waals surface area contributed by atoms with E-state index in [1.165, 1.54) is 23.6 Å². The van der Waals surface area contributed by atoms with Crippen LogP contribution >= 0.6 is 35.6 Å². The van der Waals surface area contributed by atoms with Crippen LogP contribution < -0.4 is 4.90 Å². The fraction of sp³-hybridized carbons (Fsp3) is 0.0500. The van der Waals surface area contributed by atoms with Gasteiger partial charge in [-0.15, -0.1) is 0 Å². The van der Waals surface area contributed by atoms with Gasteiger partial charge in [0.2, 0.25) is 0 Å². The van der Waals surface area contributed by atoms with E-state index in [-0.39, 0.29) is 11.7 Å². The normalized spacial score (nSPS) is 16.5. The molecule has 0 radical (unpaired) electrons. The largest absolute Gasteiger partial charge is 0.295 e. The molecule has 0 atom stereocenters. The molecular formula is C20H14ClNO2S2. The molecule has 1 amide bonds. The maximum absolute atomic E-state index is 12.7. The molecule has 3 nitrogen and oxygen atoms in total. The number of anilines is 1. The van der Waals surface area contributed by atoms with E-state index in [1.807, 2.05) is 30.3 Å².